The van der Waals surface area contributed by atoms with Gasteiger partial charge in [0.1, 0.15) is 17.2 Å². The molecule has 1 aliphatic rings. The SMILES string of the molecule is CC(C)CN(S)CC[C@@H](C)CN1CCn2cc(C(=O)NCc3ccc(F)cc3F)c(=O)c(O)c2C1=O. The lowest BCUT2D eigenvalue weighted by Gasteiger charge is -2.32. The van der Waals surface area contributed by atoms with Gasteiger partial charge in [-0.05, 0) is 24.3 Å². The zero-order valence-corrected chi connectivity index (χ0v) is 21.5. The zero-order valence-electron chi connectivity index (χ0n) is 20.6. The van der Waals surface area contributed by atoms with Crippen LogP contribution in [0, 0.1) is 23.5 Å². The van der Waals surface area contributed by atoms with E-state index in [2.05, 4.69) is 32.0 Å². The molecule has 8 nitrogen and oxygen atoms in total. The molecule has 36 heavy (non-hydrogen) atoms. The van der Waals surface area contributed by atoms with E-state index >= 15 is 0 Å². The molecule has 0 spiro atoms. The highest BCUT2D eigenvalue weighted by atomic mass is 32.1. The highest BCUT2D eigenvalue weighted by molar-refractivity contribution is 7.77. The van der Waals surface area contributed by atoms with Crippen LogP contribution in [0.1, 0.15) is 53.6 Å². The van der Waals surface area contributed by atoms with E-state index in [1.54, 1.807) is 4.90 Å². The quantitative estimate of drug-likeness (QED) is 0.417. The first kappa shape index (κ1) is 27.7. The molecule has 0 unspecified atom stereocenters. The topological polar surface area (TPSA) is 94.9 Å². The lowest BCUT2D eigenvalue weighted by molar-refractivity contribution is 0.0665. The predicted octanol–water partition coefficient (Wildman–Crippen LogP) is 3.05. The van der Waals surface area contributed by atoms with Crippen molar-refractivity contribution in [1.82, 2.24) is 19.1 Å². The molecule has 1 aromatic carbocycles. The average Bonchev–Trinajstić information content (AvgIpc) is 2.80. The zero-order chi connectivity index (χ0) is 26.6. The number of rotatable bonds is 10. The largest absolute Gasteiger partial charge is 0.503 e. The first-order valence-electron chi connectivity index (χ1n) is 11.9. The van der Waals surface area contributed by atoms with E-state index in [1.807, 2.05) is 11.2 Å². The molecule has 1 atom stereocenters. The average molecular weight is 523 g/mol. The third-order valence-electron chi connectivity index (χ3n) is 6.04. The number of hydrogen-bond donors (Lipinski definition) is 3. The summed E-state index contributed by atoms with van der Waals surface area (Å²) in [5.41, 5.74) is -1.47. The number of nitrogens with zero attached hydrogens (tertiary/aromatic N) is 3. The van der Waals surface area contributed by atoms with Crippen molar-refractivity contribution < 1.29 is 23.5 Å². The number of carbonyl (C=O) groups excluding carboxylic acids is 2. The molecule has 0 bridgehead atoms. The number of aromatic nitrogens is 1. The number of hydrogen-bond acceptors (Lipinski definition) is 6. The van der Waals surface area contributed by atoms with Crippen LogP contribution in [-0.4, -0.2) is 56.9 Å². The van der Waals surface area contributed by atoms with E-state index in [4.69, 9.17) is 0 Å². The number of aromatic hydroxyl groups is 1. The van der Waals surface area contributed by atoms with Crippen LogP contribution in [0.25, 0.3) is 0 Å². The molecule has 1 aliphatic heterocycles. The molecule has 2 heterocycles. The lowest BCUT2D eigenvalue weighted by atomic mass is 10.1. The third-order valence-corrected chi connectivity index (χ3v) is 6.41. The number of halogens is 2. The molecule has 0 radical (unpaired) electrons. The van der Waals surface area contributed by atoms with Crippen LogP contribution in [0.2, 0.25) is 0 Å². The number of amides is 2. The summed E-state index contributed by atoms with van der Waals surface area (Å²) in [5.74, 6) is -3.02. The van der Waals surface area contributed by atoms with Gasteiger partial charge in [-0.2, -0.15) is 0 Å². The Morgan fingerprint density at radius 3 is 2.61 bits per heavy atom. The van der Waals surface area contributed by atoms with Crippen LogP contribution in [0.15, 0.2) is 29.2 Å². The number of pyridine rings is 1. The second-order valence-electron chi connectivity index (χ2n) is 9.63. The number of thiol groups is 1. The summed E-state index contributed by atoms with van der Waals surface area (Å²) in [6.45, 7) is 8.72. The minimum Gasteiger partial charge on any atom is -0.503 e. The Kier molecular flexibility index (Phi) is 9.13. The maximum atomic E-state index is 13.8. The molecule has 0 saturated carbocycles. The van der Waals surface area contributed by atoms with Crippen LogP contribution in [0.5, 0.6) is 5.75 Å². The summed E-state index contributed by atoms with van der Waals surface area (Å²) >= 11 is 4.48. The summed E-state index contributed by atoms with van der Waals surface area (Å²) in [4.78, 5) is 40.0. The molecule has 11 heteroatoms. The standard InChI is InChI=1S/C25H32F2N4O4S/c1-15(2)12-31(36)7-6-16(3)13-30-9-8-29-14-19(22(32)23(33)21(29)25(30)35)24(34)28-11-17-4-5-18(26)10-20(17)27/h4-5,10,14-16,33,36H,6-9,11-13H2,1-3H3,(H,28,34)/t16-/m1/s1. The molecule has 0 saturated heterocycles. The van der Waals surface area contributed by atoms with Gasteiger partial charge in [-0.25, -0.2) is 8.78 Å². The third kappa shape index (κ3) is 6.64. The Morgan fingerprint density at radius 1 is 1.22 bits per heavy atom. The Morgan fingerprint density at radius 2 is 1.94 bits per heavy atom. The van der Waals surface area contributed by atoms with Gasteiger partial charge in [-0.1, -0.05) is 39.7 Å². The second kappa shape index (κ2) is 11.9. The van der Waals surface area contributed by atoms with Gasteiger partial charge >= 0.3 is 0 Å². The Balaban J connectivity index is 1.68. The van der Waals surface area contributed by atoms with Crippen molar-refractivity contribution in [1.29, 1.82) is 0 Å². The Labute approximate surface area is 214 Å². The fourth-order valence-electron chi connectivity index (χ4n) is 4.15. The van der Waals surface area contributed by atoms with Crippen LogP contribution in [-0.2, 0) is 13.1 Å². The van der Waals surface area contributed by atoms with Crippen molar-refractivity contribution in [2.45, 2.75) is 40.3 Å². The normalized spacial score (nSPS) is 14.3. The first-order chi connectivity index (χ1) is 17.0. The van der Waals surface area contributed by atoms with Gasteiger partial charge in [-0.3, -0.25) is 18.7 Å². The molecule has 0 aliphatic carbocycles. The Hall–Kier alpha value is -2.92. The van der Waals surface area contributed by atoms with Gasteiger partial charge in [0.05, 0.1) is 0 Å². The molecule has 0 fully saturated rings. The summed E-state index contributed by atoms with van der Waals surface area (Å²) in [5, 5.41) is 12.9. The van der Waals surface area contributed by atoms with Gasteiger partial charge in [-0.15, -0.1) is 0 Å². The van der Waals surface area contributed by atoms with E-state index in [9.17, 15) is 28.3 Å². The van der Waals surface area contributed by atoms with Crippen molar-refractivity contribution in [3.63, 3.8) is 0 Å². The summed E-state index contributed by atoms with van der Waals surface area (Å²) in [7, 11) is 0. The molecule has 196 valence electrons. The second-order valence-corrected chi connectivity index (χ2v) is 10.2. The molecule has 1 aromatic heterocycles. The number of nitrogens with one attached hydrogen (secondary N) is 1. The molecular weight excluding hydrogens is 490 g/mol. The van der Waals surface area contributed by atoms with Gasteiger partial charge in [0.25, 0.3) is 11.8 Å². The minimum atomic E-state index is -0.985. The van der Waals surface area contributed by atoms with E-state index in [0.717, 1.165) is 25.6 Å². The smallest absolute Gasteiger partial charge is 0.274 e. The highest BCUT2D eigenvalue weighted by Gasteiger charge is 2.31. The summed E-state index contributed by atoms with van der Waals surface area (Å²) < 4.78 is 30.3. The van der Waals surface area contributed by atoms with Gasteiger partial charge in [0.2, 0.25) is 5.43 Å². The van der Waals surface area contributed by atoms with Gasteiger partial charge < -0.3 is 19.9 Å². The minimum absolute atomic E-state index is 0.0391. The van der Waals surface area contributed by atoms with Crippen molar-refractivity contribution in [2.75, 3.05) is 26.2 Å². The molecule has 2 aromatic rings. The lowest BCUT2D eigenvalue weighted by Crippen LogP contribution is -2.44. The maximum absolute atomic E-state index is 13.8. The molecular formula is C25H32F2N4O4S. The van der Waals surface area contributed by atoms with Gasteiger partial charge in [0, 0.05) is 57.1 Å². The summed E-state index contributed by atoms with van der Waals surface area (Å²) in [6.07, 6.45) is 2.06. The van der Waals surface area contributed by atoms with Crippen molar-refractivity contribution in [2.24, 2.45) is 11.8 Å². The fourth-order valence-corrected chi connectivity index (χ4v) is 4.59. The van der Waals surface area contributed by atoms with Gasteiger partial charge in [0.15, 0.2) is 11.4 Å². The number of fused-ring (bicyclic) bond motifs is 1. The van der Waals surface area contributed by atoms with Crippen molar-refractivity contribution in [3.05, 3.63) is 63.1 Å². The highest BCUT2D eigenvalue weighted by Crippen LogP contribution is 2.22. The monoisotopic (exact) mass is 522 g/mol. The number of benzene rings is 1. The number of carbonyl (C=O) groups is 2. The van der Waals surface area contributed by atoms with Crippen LogP contribution >= 0.6 is 12.8 Å². The predicted molar refractivity (Wildman–Crippen MR) is 135 cm³/mol. The van der Waals surface area contributed by atoms with Crippen molar-refractivity contribution in [3.8, 4) is 5.75 Å². The molecule has 2 N–H and O–H groups in total. The van der Waals surface area contributed by atoms with Crippen molar-refractivity contribution >= 4 is 24.6 Å². The van der Waals surface area contributed by atoms with Crippen LogP contribution in [0.3, 0.4) is 0 Å². The van der Waals surface area contributed by atoms with E-state index in [-0.39, 0.29) is 29.3 Å². The fraction of sp³-hybridized carbons (Fsp3) is 0.480. The van der Waals surface area contributed by atoms with E-state index in [0.29, 0.717) is 31.6 Å². The Bertz CT molecular complexity index is 1190. The molecule has 3 rings (SSSR count). The summed E-state index contributed by atoms with van der Waals surface area (Å²) in [6, 6.07) is 2.94. The maximum Gasteiger partial charge on any atom is 0.274 e. The van der Waals surface area contributed by atoms with Crippen LogP contribution < -0.4 is 10.7 Å². The first-order valence-corrected chi connectivity index (χ1v) is 12.3. The van der Waals surface area contributed by atoms with E-state index in [1.165, 1.54) is 16.8 Å². The van der Waals surface area contributed by atoms with Crippen LogP contribution in [0.4, 0.5) is 8.78 Å². The van der Waals surface area contributed by atoms with E-state index < -0.39 is 34.6 Å². The molecule has 2 amide bonds.